The Balaban J connectivity index is 1.87. The number of likely N-dealkylation sites (N-methyl/N-ethyl adjacent to an activating group) is 1. The van der Waals surface area contributed by atoms with Gasteiger partial charge < -0.3 is 24.0 Å². The van der Waals surface area contributed by atoms with Crippen LogP contribution in [0.2, 0.25) is 0 Å². The number of carbonyl (C=O) groups excluding carboxylic acids is 1. The number of hydrogen-bond donors (Lipinski definition) is 1. The van der Waals surface area contributed by atoms with Crippen molar-refractivity contribution >= 4 is 24.8 Å². The summed E-state index contributed by atoms with van der Waals surface area (Å²) in [5.41, 5.74) is 4.87. The molecule has 30 heavy (non-hydrogen) atoms. The summed E-state index contributed by atoms with van der Waals surface area (Å²) in [6, 6.07) is 3.48. The van der Waals surface area contributed by atoms with Gasteiger partial charge in [0.25, 0.3) is 5.91 Å². The SMILES string of the molecule is CCOP(=O)(COc1ccc(C(=O)NCCN(C)C)c2c1-c1ncsc1C2)OCC. The summed E-state index contributed by atoms with van der Waals surface area (Å²) in [4.78, 5) is 20.4. The molecule has 1 amide bonds. The Hall–Kier alpha value is -1.77. The maximum absolute atomic E-state index is 12.8. The molecule has 0 spiro atoms. The van der Waals surface area contributed by atoms with Crippen LogP contribution in [0, 0.1) is 0 Å². The van der Waals surface area contributed by atoms with E-state index in [9.17, 15) is 9.36 Å². The Morgan fingerprint density at radius 2 is 2.00 bits per heavy atom. The van der Waals surface area contributed by atoms with E-state index in [0.29, 0.717) is 24.3 Å². The van der Waals surface area contributed by atoms with E-state index in [0.717, 1.165) is 28.2 Å². The van der Waals surface area contributed by atoms with Crippen LogP contribution in [0.5, 0.6) is 5.75 Å². The highest BCUT2D eigenvalue weighted by atomic mass is 32.1. The van der Waals surface area contributed by atoms with E-state index in [1.165, 1.54) is 0 Å². The van der Waals surface area contributed by atoms with Crippen molar-refractivity contribution in [1.29, 1.82) is 0 Å². The van der Waals surface area contributed by atoms with Crippen LogP contribution < -0.4 is 10.1 Å². The Bertz CT molecular complexity index is 937. The molecule has 0 saturated heterocycles. The fourth-order valence-corrected chi connectivity index (χ4v) is 5.39. The van der Waals surface area contributed by atoms with Gasteiger partial charge in [-0.15, -0.1) is 11.3 Å². The zero-order valence-corrected chi connectivity index (χ0v) is 19.5. The summed E-state index contributed by atoms with van der Waals surface area (Å²) in [5, 5.41) is 2.97. The van der Waals surface area contributed by atoms with E-state index in [2.05, 4.69) is 10.3 Å². The minimum atomic E-state index is -3.36. The number of hydrogen-bond acceptors (Lipinski definition) is 8. The van der Waals surface area contributed by atoms with Gasteiger partial charge in [0.2, 0.25) is 0 Å². The van der Waals surface area contributed by atoms with Gasteiger partial charge in [-0.25, -0.2) is 4.98 Å². The summed E-state index contributed by atoms with van der Waals surface area (Å²) < 4.78 is 29.3. The van der Waals surface area contributed by atoms with Gasteiger partial charge in [-0.05, 0) is 45.6 Å². The summed E-state index contributed by atoms with van der Waals surface area (Å²) in [6.45, 7) is 5.37. The standard InChI is InChI=1S/C20H28N3O5PS/c1-5-27-29(25,28-6-2)13-26-16-8-7-14(20(24)21-9-10-23(3)4)15-11-17-19(18(15)16)22-12-30-17/h7-8,12H,5-6,9-11,13H2,1-4H3,(H,21,24). The highest BCUT2D eigenvalue weighted by Gasteiger charge is 2.31. The van der Waals surface area contributed by atoms with Crippen LogP contribution in [0.4, 0.5) is 0 Å². The number of nitrogens with one attached hydrogen (secondary N) is 1. The fourth-order valence-electron chi connectivity index (χ4n) is 3.31. The van der Waals surface area contributed by atoms with Gasteiger partial charge in [0.05, 0.1) is 24.4 Å². The number of amides is 1. The Labute approximate surface area is 181 Å². The zero-order chi connectivity index (χ0) is 21.7. The maximum atomic E-state index is 12.8. The van der Waals surface area contributed by atoms with E-state index in [1.54, 1.807) is 42.8 Å². The Morgan fingerprint density at radius 3 is 2.67 bits per heavy atom. The molecule has 2 aromatic rings. The predicted molar refractivity (Wildman–Crippen MR) is 118 cm³/mol. The molecular formula is C20H28N3O5PS. The van der Waals surface area contributed by atoms with E-state index in [-0.39, 0.29) is 25.5 Å². The molecule has 3 rings (SSSR count). The molecule has 1 heterocycles. The van der Waals surface area contributed by atoms with Crippen molar-refractivity contribution in [2.45, 2.75) is 20.3 Å². The lowest BCUT2D eigenvalue weighted by atomic mass is 10.0. The smallest absolute Gasteiger partial charge is 0.367 e. The number of nitrogens with zero attached hydrogens (tertiary/aromatic N) is 2. The number of aromatic nitrogens is 1. The molecular weight excluding hydrogens is 425 g/mol. The van der Waals surface area contributed by atoms with Crippen LogP contribution in [0.25, 0.3) is 11.3 Å². The summed E-state index contributed by atoms with van der Waals surface area (Å²) in [5.74, 6) is 0.406. The molecule has 1 aliphatic carbocycles. The summed E-state index contributed by atoms with van der Waals surface area (Å²) >= 11 is 1.55. The maximum Gasteiger partial charge on any atom is 0.367 e. The van der Waals surface area contributed by atoms with Crippen molar-refractivity contribution in [1.82, 2.24) is 15.2 Å². The molecule has 0 unspecified atom stereocenters. The zero-order valence-electron chi connectivity index (χ0n) is 17.8. The molecule has 1 N–H and O–H groups in total. The van der Waals surface area contributed by atoms with Gasteiger partial charge in [0.1, 0.15) is 5.75 Å². The lowest BCUT2D eigenvalue weighted by Gasteiger charge is -2.19. The summed E-state index contributed by atoms with van der Waals surface area (Å²) in [7, 11) is 0.564. The second-order valence-corrected chi connectivity index (χ2v) is 9.98. The largest absolute Gasteiger partial charge is 0.480 e. The predicted octanol–water partition coefficient (Wildman–Crippen LogP) is 3.61. The molecule has 1 aliphatic rings. The minimum absolute atomic E-state index is 0.121. The first-order chi connectivity index (χ1) is 14.4. The quantitative estimate of drug-likeness (QED) is 0.444. The van der Waals surface area contributed by atoms with Crippen LogP contribution in [0.1, 0.15) is 34.6 Å². The molecule has 1 aromatic heterocycles. The highest BCUT2D eigenvalue weighted by molar-refractivity contribution is 7.53. The average molecular weight is 454 g/mol. The van der Waals surface area contributed by atoms with Crippen LogP contribution in [-0.2, 0) is 20.0 Å². The summed E-state index contributed by atoms with van der Waals surface area (Å²) in [6.07, 6.45) is 0.423. The lowest BCUT2D eigenvalue weighted by Crippen LogP contribution is -2.31. The highest BCUT2D eigenvalue weighted by Crippen LogP contribution is 2.50. The van der Waals surface area contributed by atoms with Crippen LogP contribution in [0.15, 0.2) is 17.6 Å². The van der Waals surface area contributed by atoms with Crippen LogP contribution in [0.3, 0.4) is 0 Å². The third-order valence-corrected chi connectivity index (χ3v) is 7.19. The average Bonchev–Trinajstić information content (AvgIpc) is 3.27. The van der Waals surface area contributed by atoms with Gasteiger partial charge in [-0.1, -0.05) is 0 Å². The molecule has 0 fully saturated rings. The number of fused-ring (bicyclic) bond motifs is 3. The first kappa shape index (κ1) is 22.9. The van der Waals surface area contributed by atoms with Crippen molar-refractivity contribution in [3.05, 3.63) is 33.6 Å². The molecule has 0 radical (unpaired) electrons. The molecule has 1 aromatic carbocycles. The minimum Gasteiger partial charge on any atom is -0.480 e. The fraction of sp³-hybridized carbons (Fsp3) is 0.500. The second kappa shape index (κ2) is 10.0. The molecule has 0 aliphatic heterocycles. The van der Waals surface area contributed by atoms with Gasteiger partial charge in [-0.3, -0.25) is 9.36 Å². The van der Waals surface area contributed by atoms with Gasteiger partial charge in [0, 0.05) is 35.5 Å². The molecule has 8 nitrogen and oxygen atoms in total. The number of thiazole rings is 1. The normalized spacial score (nSPS) is 12.7. The molecule has 164 valence electrons. The van der Waals surface area contributed by atoms with Gasteiger partial charge >= 0.3 is 7.60 Å². The Kier molecular flexibility index (Phi) is 7.65. The third kappa shape index (κ3) is 5.10. The molecule has 0 saturated carbocycles. The molecule has 0 atom stereocenters. The molecule has 0 bridgehead atoms. The third-order valence-electron chi connectivity index (χ3n) is 4.61. The van der Waals surface area contributed by atoms with E-state index >= 15 is 0 Å². The van der Waals surface area contributed by atoms with Crippen molar-refractivity contribution in [2.75, 3.05) is 46.7 Å². The van der Waals surface area contributed by atoms with Crippen molar-refractivity contribution in [2.24, 2.45) is 0 Å². The van der Waals surface area contributed by atoms with Crippen molar-refractivity contribution in [3.63, 3.8) is 0 Å². The lowest BCUT2D eigenvalue weighted by molar-refractivity contribution is 0.0950. The first-order valence-electron chi connectivity index (χ1n) is 9.91. The monoisotopic (exact) mass is 453 g/mol. The van der Waals surface area contributed by atoms with Gasteiger partial charge in [0.15, 0.2) is 6.35 Å². The van der Waals surface area contributed by atoms with Crippen LogP contribution in [-0.4, -0.2) is 62.5 Å². The van der Waals surface area contributed by atoms with E-state index in [4.69, 9.17) is 13.8 Å². The number of benzene rings is 1. The van der Waals surface area contributed by atoms with Gasteiger partial charge in [-0.2, -0.15) is 0 Å². The molecule has 10 heteroatoms. The van der Waals surface area contributed by atoms with Crippen molar-refractivity contribution in [3.8, 4) is 17.0 Å². The van der Waals surface area contributed by atoms with E-state index < -0.39 is 7.60 Å². The first-order valence-corrected chi connectivity index (χ1v) is 12.5. The topological polar surface area (TPSA) is 90.0 Å². The van der Waals surface area contributed by atoms with Crippen molar-refractivity contribution < 1.29 is 23.1 Å². The van der Waals surface area contributed by atoms with E-state index in [1.807, 2.05) is 19.0 Å². The van der Waals surface area contributed by atoms with Crippen LogP contribution >= 0.6 is 18.9 Å². The Morgan fingerprint density at radius 1 is 1.27 bits per heavy atom. The second-order valence-electron chi connectivity index (χ2n) is 7.04. The number of rotatable bonds is 11. The number of carbonyl (C=O) groups is 1. The number of ether oxygens (including phenoxy) is 1.